The van der Waals surface area contributed by atoms with Crippen LogP contribution in [0.1, 0.15) is 0 Å². The molecular weight excluding hydrogens is 422 g/mol. The molecule has 0 atom stereocenters. The number of aromatic nitrogens is 1. The summed E-state index contributed by atoms with van der Waals surface area (Å²) in [4.78, 5) is 0.0252. The molecule has 1 heterocycles. The quantitative estimate of drug-likeness (QED) is 0.603. The predicted molar refractivity (Wildman–Crippen MR) is 106 cm³/mol. The van der Waals surface area contributed by atoms with Gasteiger partial charge in [-0.2, -0.15) is 8.42 Å². The monoisotopic (exact) mass is 437 g/mol. The molecule has 146 valence electrons. The fraction of sp³-hybridized carbons (Fsp3) is 0.118. The SMILES string of the molecule is C#CCn1c(=NS(=O)(=O)c2ccc(OC)cc2)sc2cc(S(N)(=O)=O)ccc21. The molecule has 0 aliphatic heterocycles. The summed E-state index contributed by atoms with van der Waals surface area (Å²) in [6.07, 6.45) is 5.40. The molecule has 11 heteroatoms. The van der Waals surface area contributed by atoms with Crippen molar-refractivity contribution in [3.8, 4) is 18.1 Å². The minimum atomic E-state index is -4.02. The molecule has 3 aromatic rings. The lowest BCUT2D eigenvalue weighted by Gasteiger charge is -2.03. The van der Waals surface area contributed by atoms with E-state index in [0.717, 1.165) is 11.3 Å². The van der Waals surface area contributed by atoms with Crippen LogP contribution in [0.4, 0.5) is 0 Å². The minimum Gasteiger partial charge on any atom is -0.497 e. The highest BCUT2D eigenvalue weighted by molar-refractivity contribution is 7.90. The van der Waals surface area contributed by atoms with Gasteiger partial charge in [-0.25, -0.2) is 13.6 Å². The summed E-state index contributed by atoms with van der Waals surface area (Å²) >= 11 is 1.00. The second kappa shape index (κ2) is 7.40. The molecule has 0 bridgehead atoms. The molecule has 28 heavy (non-hydrogen) atoms. The van der Waals surface area contributed by atoms with Gasteiger partial charge in [0.25, 0.3) is 10.0 Å². The lowest BCUT2D eigenvalue weighted by molar-refractivity contribution is 0.414. The molecule has 2 N–H and O–H groups in total. The van der Waals surface area contributed by atoms with Gasteiger partial charge in [0.15, 0.2) is 0 Å². The van der Waals surface area contributed by atoms with E-state index in [0.29, 0.717) is 16.0 Å². The van der Waals surface area contributed by atoms with Crippen LogP contribution in [0.5, 0.6) is 5.75 Å². The number of thiazole rings is 1. The number of nitrogens with two attached hydrogens (primary N) is 1. The van der Waals surface area contributed by atoms with Gasteiger partial charge in [-0.05, 0) is 42.5 Å². The highest BCUT2D eigenvalue weighted by atomic mass is 32.2. The van der Waals surface area contributed by atoms with Crippen LogP contribution in [-0.4, -0.2) is 28.5 Å². The largest absolute Gasteiger partial charge is 0.497 e. The number of hydrogen-bond acceptors (Lipinski definition) is 6. The molecule has 0 aliphatic rings. The Bertz CT molecular complexity index is 1360. The highest BCUT2D eigenvalue weighted by Gasteiger charge is 2.16. The molecule has 0 spiro atoms. The zero-order valence-electron chi connectivity index (χ0n) is 14.6. The van der Waals surface area contributed by atoms with Crippen molar-refractivity contribution in [1.29, 1.82) is 0 Å². The zero-order valence-corrected chi connectivity index (χ0v) is 17.0. The minimum absolute atomic E-state index is 0.0109. The van der Waals surface area contributed by atoms with E-state index in [1.807, 2.05) is 0 Å². The van der Waals surface area contributed by atoms with Gasteiger partial charge in [0, 0.05) is 0 Å². The van der Waals surface area contributed by atoms with Crippen LogP contribution in [0.15, 0.2) is 56.7 Å². The Morgan fingerprint density at radius 1 is 1.14 bits per heavy atom. The molecule has 0 radical (unpaired) electrons. The van der Waals surface area contributed by atoms with E-state index < -0.39 is 20.0 Å². The number of ether oxygens (including phenoxy) is 1. The van der Waals surface area contributed by atoms with Crippen molar-refractivity contribution < 1.29 is 21.6 Å². The Hall–Kier alpha value is -2.65. The van der Waals surface area contributed by atoms with Gasteiger partial charge in [-0.1, -0.05) is 17.3 Å². The Morgan fingerprint density at radius 3 is 2.36 bits per heavy atom. The van der Waals surface area contributed by atoms with Gasteiger partial charge in [0.2, 0.25) is 14.8 Å². The Labute approximate surface area is 166 Å². The first-order valence-corrected chi connectivity index (χ1v) is 11.5. The standard InChI is InChI=1S/C17H15N3O5S3/c1-3-10-20-15-9-8-14(27(18,21)22)11-16(15)26-17(20)19-28(23,24)13-6-4-12(25-2)5-7-13/h1,4-9,11H,10H2,2H3,(H2,18,21,22). The van der Waals surface area contributed by atoms with E-state index in [-0.39, 0.29) is 21.1 Å². The molecule has 0 fully saturated rings. The van der Waals surface area contributed by atoms with Gasteiger partial charge in [0.1, 0.15) is 5.75 Å². The summed E-state index contributed by atoms with van der Waals surface area (Å²) in [6.45, 7) is 0.0612. The Balaban J connectivity index is 2.22. The fourth-order valence-electron chi connectivity index (χ4n) is 2.45. The van der Waals surface area contributed by atoms with Crippen LogP contribution in [0.25, 0.3) is 10.2 Å². The topological polar surface area (TPSA) is 121 Å². The highest BCUT2D eigenvalue weighted by Crippen LogP contribution is 2.22. The van der Waals surface area contributed by atoms with E-state index >= 15 is 0 Å². The second-order valence-corrected chi connectivity index (χ2v) is 9.77. The summed E-state index contributed by atoms with van der Waals surface area (Å²) in [6, 6.07) is 10.0. The summed E-state index contributed by atoms with van der Waals surface area (Å²) < 4.78 is 59.4. The summed E-state index contributed by atoms with van der Waals surface area (Å²) in [7, 11) is -6.44. The van der Waals surface area contributed by atoms with Gasteiger partial charge in [0.05, 0.1) is 33.7 Å². The van der Waals surface area contributed by atoms with Crippen molar-refractivity contribution in [3.05, 3.63) is 47.3 Å². The molecule has 0 saturated heterocycles. The number of hydrogen-bond donors (Lipinski definition) is 1. The second-order valence-electron chi connectivity index (χ2n) is 5.59. The van der Waals surface area contributed by atoms with E-state index in [4.69, 9.17) is 16.3 Å². The molecule has 1 aromatic heterocycles. The fourth-order valence-corrected chi connectivity index (χ4v) is 5.33. The third kappa shape index (κ3) is 3.95. The number of nitrogens with zero attached hydrogens (tertiary/aromatic N) is 2. The van der Waals surface area contributed by atoms with Gasteiger partial charge in [-0.3, -0.25) is 0 Å². The van der Waals surface area contributed by atoms with Crippen molar-refractivity contribution in [2.45, 2.75) is 16.3 Å². The summed E-state index contributed by atoms with van der Waals surface area (Å²) in [5, 5.41) is 5.16. The van der Waals surface area contributed by atoms with Crippen LogP contribution in [0, 0.1) is 12.3 Å². The molecule has 3 rings (SSSR count). The number of fused-ring (bicyclic) bond motifs is 1. The van der Waals surface area contributed by atoms with E-state index in [1.165, 1.54) is 54.1 Å². The Kier molecular flexibility index (Phi) is 5.31. The van der Waals surface area contributed by atoms with E-state index in [2.05, 4.69) is 10.3 Å². The molecule has 8 nitrogen and oxygen atoms in total. The number of terminal acetylenes is 1. The van der Waals surface area contributed by atoms with Crippen LogP contribution in [-0.2, 0) is 26.6 Å². The smallest absolute Gasteiger partial charge is 0.285 e. The molecule has 0 amide bonds. The van der Waals surface area contributed by atoms with Crippen molar-refractivity contribution in [1.82, 2.24) is 4.57 Å². The summed E-state index contributed by atoms with van der Waals surface area (Å²) in [5.74, 6) is 2.96. The average Bonchev–Trinajstić information content (AvgIpc) is 2.97. The predicted octanol–water partition coefficient (Wildman–Crippen LogP) is 1.28. The lowest BCUT2D eigenvalue weighted by atomic mass is 10.3. The first kappa shape index (κ1) is 20.1. The first-order valence-electron chi connectivity index (χ1n) is 7.70. The molecule has 2 aromatic carbocycles. The maximum Gasteiger partial charge on any atom is 0.285 e. The maximum atomic E-state index is 12.7. The van der Waals surface area contributed by atoms with Crippen molar-refractivity contribution >= 4 is 41.6 Å². The van der Waals surface area contributed by atoms with Crippen molar-refractivity contribution in [2.24, 2.45) is 9.54 Å². The number of primary sulfonamides is 1. The van der Waals surface area contributed by atoms with Crippen LogP contribution in [0.3, 0.4) is 0 Å². The van der Waals surface area contributed by atoms with Crippen molar-refractivity contribution in [2.75, 3.05) is 7.11 Å². The third-order valence-corrected chi connectivity index (χ3v) is 7.14. The molecule has 0 saturated carbocycles. The van der Waals surface area contributed by atoms with Gasteiger partial charge in [-0.15, -0.1) is 10.8 Å². The third-order valence-electron chi connectivity index (χ3n) is 3.79. The maximum absolute atomic E-state index is 12.7. The molecule has 0 aliphatic carbocycles. The molecular formula is C17H15N3O5S3. The van der Waals surface area contributed by atoms with E-state index in [9.17, 15) is 16.8 Å². The van der Waals surface area contributed by atoms with E-state index in [1.54, 1.807) is 0 Å². The number of rotatable bonds is 5. The molecule has 0 unspecified atom stereocenters. The number of sulfonamides is 2. The van der Waals surface area contributed by atoms with Crippen molar-refractivity contribution in [3.63, 3.8) is 0 Å². The number of methoxy groups -OCH3 is 1. The van der Waals surface area contributed by atoms with Gasteiger partial charge < -0.3 is 9.30 Å². The average molecular weight is 438 g/mol. The lowest BCUT2D eigenvalue weighted by Crippen LogP contribution is -2.16. The normalized spacial score (nSPS) is 12.8. The number of benzene rings is 2. The van der Waals surface area contributed by atoms with Crippen LogP contribution < -0.4 is 14.7 Å². The van der Waals surface area contributed by atoms with Crippen LogP contribution >= 0.6 is 11.3 Å². The summed E-state index contributed by atoms with van der Waals surface area (Å²) in [5.41, 5.74) is 0.555. The van der Waals surface area contributed by atoms with Gasteiger partial charge >= 0.3 is 0 Å². The van der Waals surface area contributed by atoms with Crippen LogP contribution in [0.2, 0.25) is 0 Å². The Morgan fingerprint density at radius 2 is 1.79 bits per heavy atom. The first-order chi connectivity index (χ1) is 13.2. The zero-order chi connectivity index (χ0) is 20.5.